The van der Waals surface area contributed by atoms with E-state index in [4.69, 9.17) is 0 Å². The summed E-state index contributed by atoms with van der Waals surface area (Å²) in [4.78, 5) is 14.1. The molecule has 6 heteroatoms. The maximum absolute atomic E-state index is 12.6. The Kier molecular flexibility index (Phi) is 4.34. The lowest BCUT2D eigenvalue weighted by Gasteiger charge is -2.27. The minimum atomic E-state index is 0.00275. The lowest BCUT2D eigenvalue weighted by Crippen LogP contribution is -3.11. The zero-order valence-corrected chi connectivity index (χ0v) is 14.0. The molecule has 2 heterocycles. The van der Waals surface area contributed by atoms with Gasteiger partial charge in [-0.05, 0) is 19.1 Å². The summed E-state index contributed by atoms with van der Waals surface area (Å²) in [5.74, 6) is 0. The van der Waals surface area contributed by atoms with Gasteiger partial charge in [-0.1, -0.05) is 18.2 Å². The van der Waals surface area contributed by atoms with E-state index in [1.54, 1.807) is 4.68 Å². The van der Waals surface area contributed by atoms with Gasteiger partial charge in [0, 0.05) is 12.6 Å². The molecule has 0 radical (unpaired) electrons. The van der Waals surface area contributed by atoms with Crippen LogP contribution in [0.2, 0.25) is 0 Å². The minimum absolute atomic E-state index is 0.00275. The van der Waals surface area contributed by atoms with Gasteiger partial charge in [-0.25, -0.2) is 4.68 Å². The molecule has 1 aromatic heterocycles. The van der Waals surface area contributed by atoms with Gasteiger partial charge in [0.05, 0.1) is 50.8 Å². The highest BCUT2D eigenvalue weighted by atomic mass is 16.1. The lowest BCUT2D eigenvalue weighted by molar-refractivity contribution is -0.884. The van der Waals surface area contributed by atoms with Crippen molar-refractivity contribution in [2.24, 2.45) is 12.1 Å². The Morgan fingerprint density at radius 1 is 1.17 bits per heavy atom. The van der Waals surface area contributed by atoms with Gasteiger partial charge >= 0.3 is 0 Å². The predicted octanol–water partition coefficient (Wildman–Crippen LogP) is -0.351. The van der Waals surface area contributed by atoms with Crippen molar-refractivity contribution in [1.29, 1.82) is 0 Å². The third-order valence-corrected chi connectivity index (χ3v) is 4.48. The van der Waals surface area contributed by atoms with Gasteiger partial charge in [-0.15, -0.1) is 0 Å². The van der Waals surface area contributed by atoms with E-state index >= 15 is 0 Å². The number of para-hydroxylation sites is 1. The molecular weight excluding hydrogens is 290 g/mol. The summed E-state index contributed by atoms with van der Waals surface area (Å²) in [5, 5.41) is 6.66. The first-order valence-corrected chi connectivity index (χ1v) is 8.02. The molecule has 1 aliphatic rings. The fourth-order valence-electron chi connectivity index (χ4n) is 2.92. The summed E-state index contributed by atoms with van der Waals surface area (Å²) in [6.45, 7) is 5.96. The number of quaternary nitrogens is 1. The maximum Gasteiger partial charge on any atom is 0.274 e. The van der Waals surface area contributed by atoms with Gasteiger partial charge in [-0.3, -0.25) is 14.5 Å². The topological polar surface area (TPSA) is 47.0 Å². The SMILES string of the molecule is Cc1c(/C=N\N2CC[NH+](C)CC2)n(C)n(-c2ccccc2)c1=O. The van der Waals surface area contributed by atoms with E-state index in [-0.39, 0.29) is 5.56 Å². The number of rotatable bonds is 3. The molecular formula is C17H24N5O+. The molecule has 0 unspecified atom stereocenters. The van der Waals surface area contributed by atoms with E-state index < -0.39 is 0 Å². The number of hydrogen-bond donors (Lipinski definition) is 1. The monoisotopic (exact) mass is 314 g/mol. The van der Waals surface area contributed by atoms with Gasteiger partial charge in [0.15, 0.2) is 0 Å². The number of nitrogens with zero attached hydrogens (tertiary/aromatic N) is 4. The number of hydrogen-bond acceptors (Lipinski definition) is 3. The van der Waals surface area contributed by atoms with E-state index in [0.717, 1.165) is 43.1 Å². The van der Waals surface area contributed by atoms with E-state index in [2.05, 4.69) is 17.2 Å². The first-order chi connectivity index (χ1) is 11.1. The quantitative estimate of drug-likeness (QED) is 0.787. The second kappa shape index (κ2) is 6.42. The molecule has 1 N–H and O–H groups in total. The highest BCUT2D eigenvalue weighted by molar-refractivity contribution is 5.79. The van der Waals surface area contributed by atoms with Crippen molar-refractivity contribution in [3.63, 3.8) is 0 Å². The second-order valence-corrected chi connectivity index (χ2v) is 6.14. The Bertz CT molecular complexity index is 751. The van der Waals surface area contributed by atoms with Crippen LogP contribution in [0.4, 0.5) is 0 Å². The smallest absolute Gasteiger partial charge is 0.274 e. The molecule has 122 valence electrons. The summed E-state index contributed by atoms with van der Waals surface area (Å²) in [6, 6.07) is 9.69. The summed E-state index contributed by atoms with van der Waals surface area (Å²) < 4.78 is 3.56. The summed E-state index contributed by atoms with van der Waals surface area (Å²) in [7, 11) is 4.10. The molecule has 0 saturated carbocycles. The minimum Gasteiger partial charge on any atom is -0.334 e. The van der Waals surface area contributed by atoms with Crippen LogP contribution in [0.3, 0.4) is 0 Å². The third-order valence-electron chi connectivity index (χ3n) is 4.48. The Morgan fingerprint density at radius 3 is 2.48 bits per heavy atom. The van der Waals surface area contributed by atoms with Crippen LogP contribution in [0.5, 0.6) is 0 Å². The van der Waals surface area contributed by atoms with Crippen LogP contribution in [-0.4, -0.2) is 53.8 Å². The number of piperazine rings is 1. The first kappa shape index (κ1) is 15.6. The van der Waals surface area contributed by atoms with Gasteiger partial charge in [0.2, 0.25) is 0 Å². The Morgan fingerprint density at radius 2 is 1.83 bits per heavy atom. The van der Waals surface area contributed by atoms with E-state index in [1.807, 2.05) is 55.2 Å². The Labute approximate surface area is 136 Å². The van der Waals surface area contributed by atoms with Crippen LogP contribution >= 0.6 is 0 Å². The largest absolute Gasteiger partial charge is 0.334 e. The van der Waals surface area contributed by atoms with Crippen LogP contribution in [0.1, 0.15) is 11.3 Å². The van der Waals surface area contributed by atoms with Gasteiger partial charge in [-0.2, -0.15) is 5.10 Å². The molecule has 1 saturated heterocycles. The first-order valence-electron chi connectivity index (χ1n) is 8.02. The molecule has 0 bridgehead atoms. The van der Waals surface area contributed by atoms with Crippen molar-refractivity contribution >= 4 is 6.21 Å². The fraction of sp³-hybridized carbons (Fsp3) is 0.412. The van der Waals surface area contributed by atoms with Crippen LogP contribution in [-0.2, 0) is 7.05 Å². The molecule has 0 atom stereocenters. The number of benzene rings is 1. The fourth-order valence-corrected chi connectivity index (χ4v) is 2.92. The number of likely N-dealkylation sites (N-methyl/N-ethyl adjacent to an activating group) is 1. The number of aromatic nitrogens is 2. The molecule has 2 aromatic rings. The highest BCUT2D eigenvalue weighted by Crippen LogP contribution is 2.09. The van der Waals surface area contributed by atoms with Crippen molar-refractivity contribution < 1.29 is 4.90 Å². The summed E-state index contributed by atoms with van der Waals surface area (Å²) in [6.07, 6.45) is 1.82. The van der Waals surface area contributed by atoms with Crippen LogP contribution in [0.15, 0.2) is 40.2 Å². The molecule has 23 heavy (non-hydrogen) atoms. The van der Waals surface area contributed by atoms with Crippen LogP contribution in [0.25, 0.3) is 5.69 Å². The average molecular weight is 314 g/mol. The predicted molar refractivity (Wildman–Crippen MR) is 91.5 cm³/mol. The molecule has 0 aliphatic carbocycles. The van der Waals surface area contributed by atoms with Crippen LogP contribution < -0.4 is 10.5 Å². The molecule has 6 nitrogen and oxygen atoms in total. The molecule has 0 spiro atoms. The second-order valence-electron chi connectivity index (χ2n) is 6.14. The van der Waals surface area contributed by atoms with Crippen molar-refractivity contribution in [3.8, 4) is 5.69 Å². The Hall–Kier alpha value is -2.34. The molecule has 1 fully saturated rings. The number of hydrazone groups is 1. The zero-order chi connectivity index (χ0) is 16.4. The van der Waals surface area contributed by atoms with Crippen molar-refractivity contribution in [3.05, 3.63) is 51.9 Å². The van der Waals surface area contributed by atoms with Crippen molar-refractivity contribution in [2.45, 2.75) is 6.92 Å². The summed E-state index contributed by atoms with van der Waals surface area (Å²) in [5.41, 5.74) is 2.44. The highest BCUT2D eigenvalue weighted by Gasteiger charge is 2.16. The van der Waals surface area contributed by atoms with Gasteiger partial charge in [0.1, 0.15) is 0 Å². The van der Waals surface area contributed by atoms with E-state index in [1.165, 1.54) is 4.90 Å². The molecule has 0 amide bonds. The Balaban J connectivity index is 1.91. The maximum atomic E-state index is 12.6. The standard InChI is InChI=1S/C17H23N5O/c1-14-16(13-18-21-11-9-19(2)10-12-21)20(3)22(17(14)23)15-7-5-4-6-8-15/h4-8,13H,9-12H2,1-3H3/p+1/b18-13-. The number of nitrogens with one attached hydrogen (secondary N) is 1. The normalized spacial score (nSPS) is 16.4. The molecule has 3 rings (SSSR count). The van der Waals surface area contributed by atoms with E-state index in [0.29, 0.717) is 0 Å². The van der Waals surface area contributed by atoms with Crippen LogP contribution in [0, 0.1) is 6.92 Å². The third kappa shape index (κ3) is 3.07. The van der Waals surface area contributed by atoms with Gasteiger partial charge < -0.3 is 4.90 Å². The van der Waals surface area contributed by atoms with Crippen molar-refractivity contribution in [1.82, 2.24) is 14.4 Å². The molecule has 1 aromatic carbocycles. The zero-order valence-electron chi connectivity index (χ0n) is 14.0. The average Bonchev–Trinajstić information content (AvgIpc) is 2.78. The van der Waals surface area contributed by atoms with E-state index in [9.17, 15) is 4.79 Å². The molecule has 1 aliphatic heterocycles. The summed E-state index contributed by atoms with van der Waals surface area (Å²) >= 11 is 0. The lowest BCUT2D eigenvalue weighted by atomic mass is 10.3. The van der Waals surface area contributed by atoms with Crippen molar-refractivity contribution in [2.75, 3.05) is 33.2 Å². The van der Waals surface area contributed by atoms with Gasteiger partial charge in [0.25, 0.3) is 5.56 Å².